The lowest BCUT2D eigenvalue weighted by atomic mass is 10.0. The van der Waals surface area contributed by atoms with E-state index in [0.29, 0.717) is 16.5 Å². The van der Waals surface area contributed by atoms with Crippen molar-refractivity contribution < 1.29 is 19.5 Å². The summed E-state index contributed by atoms with van der Waals surface area (Å²) in [4.78, 5) is 18.7. The monoisotopic (exact) mass is 504 g/mol. The van der Waals surface area contributed by atoms with E-state index in [1.165, 1.54) is 102 Å². The molecule has 4 nitrogen and oxygen atoms in total. The van der Waals surface area contributed by atoms with Crippen LogP contribution in [-0.4, -0.2) is 14.9 Å². The van der Waals surface area contributed by atoms with Gasteiger partial charge in [0, 0.05) is 0 Å². The van der Waals surface area contributed by atoms with Crippen LogP contribution in [0.2, 0.25) is 0 Å². The number of unbranched alkanes of at least 4 members (excludes halogenated alkanes) is 15. The summed E-state index contributed by atoms with van der Waals surface area (Å²) in [5, 5.41) is 10.1. The lowest BCUT2D eigenvalue weighted by Gasteiger charge is -2.11. The maximum absolute atomic E-state index is 11.5. The van der Waals surface area contributed by atoms with E-state index in [0.717, 1.165) is 12.8 Å². The predicted molar refractivity (Wildman–Crippen MR) is 131 cm³/mol. The molecule has 6 heteroatoms. The lowest BCUT2D eigenvalue weighted by molar-refractivity contribution is 0.387. The molecule has 30 heavy (non-hydrogen) atoms. The van der Waals surface area contributed by atoms with Crippen LogP contribution in [0.1, 0.15) is 115 Å². The van der Waals surface area contributed by atoms with Gasteiger partial charge in [-0.25, -0.2) is 0 Å². The number of phenols is 1. The Morgan fingerprint density at radius 3 is 1.53 bits per heavy atom. The predicted octanol–water partition coefficient (Wildman–Crippen LogP) is 7.76. The van der Waals surface area contributed by atoms with Crippen LogP contribution in [0.4, 0.5) is 0 Å². The first-order valence-electron chi connectivity index (χ1n) is 11.9. The Balaban J connectivity index is 2.02. The molecule has 3 N–H and O–H groups in total. The average Bonchev–Trinajstić information content (AvgIpc) is 2.69. The fourth-order valence-electron chi connectivity index (χ4n) is 3.86. The number of halogens is 1. The van der Waals surface area contributed by atoms with Crippen molar-refractivity contribution in [1.82, 2.24) is 0 Å². The Morgan fingerprint density at radius 2 is 1.13 bits per heavy atom. The zero-order chi connectivity index (χ0) is 22.2. The average molecular weight is 505 g/mol. The summed E-state index contributed by atoms with van der Waals surface area (Å²) in [5.74, 6) is 0.0909. The summed E-state index contributed by atoms with van der Waals surface area (Å²) in [6.07, 6.45) is 21.6. The minimum atomic E-state index is -4.31. The molecule has 0 aliphatic carbocycles. The summed E-state index contributed by atoms with van der Waals surface area (Å²) in [5.41, 5.74) is 0.605. The quantitative estimate of drug-likeness (QED) is 0.141. The first-order chi connectivity index (χ1) is 14.4. The molecule has 1 aromatic carbocycles. The lowest BCUT2D eigenvalue weighted by Crippen LogP contribution is -2.06. The first-order valence-corrected chi connectivity index (χ1v) is 14.3. The zero-order valence-corrected chi connectivity index (χ0v) is 21.2. The van der Waals surface area contributed by atoms with E-state index < -0.39 is 7.60 Å². The SMILES string of the molecule is CCCCCCCCCCCCCCCCCCc1cc(P(=O)(O)O)cc(Br)c1O. The number of aromatic hydroxyl groups is 1. The second-order valence-electron chi connectivity index (χ2n) is 8.53. The molecular weight excluding hydrogens is 463 g/mol. The molecule has 0 aromatic heterocycles. The Kier molecular flexibility index (Phi) is 15.0. The van der Waals surface area contributed by atoms with Gasteiger partial charge < -0.3 is 14.9 Å². The fraction of sp³-hybridized carbons (Fsp3) is 0.750. The number of phenolic OH excluding ortho intramolecular Hbond substituents is 1. The van der Waals surface area contributed by atoms with Crippen molar-refractivity contribution in [3.63, 3.8) is 0 Å². The fourth-order valence-corrected chi connectivity index (χ4v) is 5.16. The van der Waals surface area contributed by atoms with Crippen molar-refractivity contribution in [2.75, 3.05) is 0 Å². The topological polar surface area (TPSA) is 77.8 Å². The number of rotatable bonds is 18. The molecule has 0 heterocycles. The molecule has 1 aromatic rings. The highest BCUT2D eigenvalue weighted by Crippen LogP contribution is 2.38. The standard InChI is InChI=1S/C24H42BrO4P/c1-2-3-4-5-6-7-8-9-10-11-12-13-14-15-16-17-18-21-19-22(30(27,28)29)20-23(25)24(21)26/h19-20,26H,2-18H2,1H3,(H2,27,28,29). The second-order valence-corrected chi connectivity index (χ2v) is 11.0. The van der Waals surface area contributed by atoms with Gasteiger partial charge in [-0.05, 0) is 46.5 Å². The molecule has 0 atom stereocenters. The van der Waals surface area contributed by atoms with Gasteiger partial charge >= 0.3 is 7.60 Å². The van der Waals surface area contributed by atoms with Crippen LogP contribution in [0.3, 0.4) is 0 Å². The van der Waals surface area contributed by atoms with Gasteiger partial charge in [-0.2, -0.15) is 0 Å². The van der Waals surface area contributed by atoms with Crippen LogP contribution in [0.5, 0.6) is 5.75 Å². The molecule has 0 spiro atoms. The molecule has 0 unspecified atom stereocenters. The number of hydrogen-bond donors (Lipinski definition) is 3. The van der Waals surface area contributed by atoms with Crippen molar-refractivity contribution in [3.8, 4) is 5.75 Å². The van der Waals surface area contributed by atoms with E-state index in [2.05, 4.69) is 22.9 Å². The van der Waals surface area contributed by atoms with Crippen LogP contribution < -0.4 is 5.30 Å². The van der Waals surface area contributed by atoms with Crippen molar-refractivity contribution in [1.29, 1.82) is 0 Å². The normalized spacial score (nSPS) is 11.9. The summed E-state index contributed by atoms with van der Waals surface area (Å²) in [6.45, 7) is 2.27. The molecule has 0 bridgehead atoms. The van der Waals surface area contributed by atoms with Crippen LogP contribution >= 0.6 is 23.5 Å². The Hall–Kier alpha value is -0.350. The number of hydrogen-bond acceptors (Lipinski definition) is 2. The first kappa shape index (κ1) is 27.7. The maximum atomic E-state index is 11.5. The van der Waals surface area contributed by atoms with Crippen LogP contribution in [0.15, 0.2) is 16.6 Å². The Morgan fingerprint density at radius 1 is 0.733 bits per heavy atom. The van der Waals surface area contributed by atoms with Gasteiger partial charge in [0.2, 0.25) is 0 Å². The highest BCUT2D eigenvalue weighted by molar-refractivity contribution is 9.10. The third kappa shape index (κ3) is 12.5. The van der Waals surface area contributed by atoms with E-state index in [9.17, 15) is 19.5 Å². The van der Waals surface area contributed by atoms with E-state index in [-0.39, 0.29) is 11.1 Å². The highest BCUT2D eigenvalue weighted by Gasteiger charge is 2.20. The van der Waals surface area contributed by atoms with E-state index >= 15 is 0 Å². The van der Waals surface area contributed by atoms with Crippen molar-refractivity contribution in [3.05, 3.63) is 22.2 Å². The molecule has 0 amide bonds. The molecule has 0 aliphatic heterocycles. The minimum Gasteiger partial charge on any atom is -0.506 e. The van der Waals surface area contributed by atoms with Crippen molar-refractivity contribution in [2.24, 2.45) is 0 Å². The van der Waals surface area contributed by atoms with Gasteiger partial charge in [0.15, 0.2) is 0 Å². The molecule has 0 radical (unpaired) electrons. The van der Waals surface area contributed by atoms with Crippen molar-refractivity contribution >= 4 is 28.8 Å². The van der Waals surface area contributed by atoms with Gasteiger partial charge in [0.25, 0.3) is 0 Å². The summed E-state index contributed by atoms with van der Waals surface area (Å²) in [6, 6.07) is 2.74. The Bertz CT molecular complexity index is 630. The highest BCUT2D eigenvalue weighted by atomic mass is 79.9. The van der Waals surface area contributed by atoms with Gasteiger partial charge in [-0.15, -0.1) is 0 Å². The molecule has 0 saturated carbocycles. The number of aryl methyl sites for hydroxylation is 1. The molecule has 0 aliphatic rings. The number of benzene rings is 1. The van der Waals surface area contributed by atoms with Crippen LogP contribution in [0.25, 0.3) is 0 Å². The smallest absolute Gasteiger partial charge is 0.356 e. The summed E-state index contributed by atoms with van der Waals surface area (Å²) >= 11 is 3.19. The summed E-state index contributed by atoms with van der Waals surface area (Å²) < 4.78 is 11.8. The maximum Gasteiger partial charge on any atom is 0.356 e. The third-order valence-electron chi connectivity index (χ3n) is 5.76. The minimum absolute atomic E-state index is 0.0429. The van der Waals surface area contributed by atoms with Gasteiger partial charge in [0.1, 0.15) is 5.75 Å². The largest absolute Gasteiger partial charge is 0.506 e. The van der Waals surface area contributed by atoms with Gasteiger partial charge in [0.05, 0.1) is 9.78 Å². The zero-order valence-electron chi connectivity index (χ0n) is 18.8. The molecule has 0 saturated heterocycles. The second kappa shape index (κ2) is 16.3. The van der Waals surface area contributed by atoms with Gasteiger partial charge in [-0.3, -0.25) is 4.57 Å². The third-order valence-corrected chi connectivity index (χ3v) is 7.30. The molecule has 1 rings (SSSR count). The van der Waals surface area contributed by atoms with Crippen LogP contribution in [-0.2, 0) is 11.0 Å². The van der Waals surface area contributed by atoms with Gasteiger partial charge in [-0.1, -0.05) is 103 Å². The van der Waals surface area contributed by atoms with E-state index in [4.69, 9.17) is 0 Å². The van der Waals surface area contributed by atoms with E-state index in [1.54, 1.807) is 0 Å². The molecular formula is C24H42BrO4P. The van der Waals surface area contributed by atoms with Crippen molar-refractivity contribution in [2.45, 2.75) is 116 Å². The molecule has 0 fully saturated rings. The summed E-state index contributed by atoms with van der Waals surface area (Å²) in [7, 11) is -4.31. The van der Waals surface area contributed by atoms with Crippen LogP contribution in [0, 0.1) is 0 Å². The van der Waals surface area contributed by atoms with E-state index in [1.807, 2.05) is 0 Å². The molecule has 174 valence electrons. The Labute approximate surface area is 192 Å².